The number of benzene rings is 1. The molecule has 3 N–H and O–H groups in total. The summed E-state index contributed by atoms with van der Waals surface area (Å²) in [5, 5.41) is 9.52. The average Bonchev–Trinajstić information content (AvgIpc) is 2.77. The number of amides is 3. The third-order valence-electron chi connectivity index (χ3n) is 6.06. The van der Waals surface area contributed by atoms with Gasteiger partial charge in [0.05, 0.1) is 5.56 Å². The summed E-state index contributed by atoms with van der Waals surface area (Å²) in [7, 11) is 0. The van der Waals surface area contributed by atoms with Crippen LogP contribution in [0.2, 0.25) is 0 Å². The van der Waals surface area contributed by atoms with Gasteiger partial charge in [0.25, 0.3) is 5.91 Å². The van der Waals surface area contributed by atoms with Gasteiger partial charge in [-0.25, -0.2) is 0 Å². The Hall–Kier alpha value is -2.57. The molecule has 2 heterocycles. The second-order valence-corrected chi connectivity index (χ2v) is 7.86. The van der Waals surface area contributed by atoms with E-state index in [0.29, 0.717) is 24.9 Å². The standard InChI is InChI=1S/C20H26N4O3/c1-13(18(26)21-14-5-4-6-14)24-12-11-20(10-9-17(24)25)22-16-8-3-2-7-15(16)19(27)23-20/h2-3,7-8,13-14,22H,4-6,9-12H2,1H3,(H,21,26)(H,23,27)/t13-,20+/m1/s1. The SMILES string of the molecule is C[C@H](C(=O)NC1CCC1)N1CC[C@]2(CCC1=O)NC(=O)c1ccccc1N2. The van der Waals surface area contributed by atoms with Crippen molar-refractivity contribution >= 4 is 23.4 Å². The first-order chi connectivity index (χ1) is 13.0. The first kappa shape index (κ1) is 17.8. The summed E-state index contributed by atoms with van der Waals surface area (Å²) < 4.78 is 0. The highest BCUT2D eigenvalue weighted by Crippen LogP contribution is 2.32. The van der Waals surface area contributed by atoms with E-state index < -0.39 is 11.7 Å². The zero-order valence-electron chi connectivity index (χ0n) is 15.6. The number of likely N-dealkylation sites (tertiary alicyclic amines) is 1. The molecule has 2 fully saturated rings. The molecule has 1 aromatic carbocycles. The molecule has 0 bridgehead atoms. The Balaban J connectivity index is 1.47. The topological polar surface area (TPSA) is 90.5 Å². The molecule has 2 atom stereocenters. The van der Waals surface area contributed by atoms with Crippen molar-refractivity contribution in [1.82, 2.24) is 15.5 Å². The van der Waals surface area contributed by atoms with Gasteiger partial charge in [-0.2, -0.15) is 0 Å². The van der Waals surface area contributed by atoms with E-state index in [-0.39, 0.29) is 30.2 Å². The van der Waals surface area contributed by atoms with Crippen LogP contribution in [0.15, 0.2) is 24.3 Å². The Bertz CT molecular complexity index is 776. The largest absolute Gasteiger partial charge is 0.362 e. The average molecular weight is 370 g/mol. The van der Waals surface area contributed by atoms with E-state index in [1.165, 1.54) is 0 Å². The minimum absolute atomic E-state index is 0.0435. The summed E-state index contributed by atoms with van der Waals surface area (Å²) in [4.78, 5) is 39.4. The highest BCUT2D eigenvalue weighted by atomic mass is 16.2. The van der Waals surface area contributed by atoms with Crippen LogP contribution in [0.3, 0.4) is 0 Å². The number of rotatable bonds is 3. The lowest BCUT2D eigenvalue weighted by atomic mass is 9.93. The molecule has 1 spiro atoms. The van der Waals surface area contributed by atoms with Crippen LogP contribution in [0.4, 0.5) is 5.69 Å². The fourth-order valence-electron chi connectivity index (χ4n) is 4.06. The second kappa shape index (κ2) is 6.87. The number of fused-ring (bicyclic) bond motifs is 1. The highest BCUT2D eigenvalue weighted by molar-refractivity contribution is 6.02. The van der Waals surface area contributed by atoms with Crippen LogP contribution in [-0.4, -0.2) is 46.9 Å². The minimum Gasteiger partial charge on any atom is -0.362 e. The van der Waals surface area contributed by atoms with Crippen molar-refractivity contribution in [1.29, 1.82) is 0 Å². The van der Waals surface area contributed by atoms with Gasteiger partial charge in [-0.3, -0.25) is 14.4 Å². The molecule has 0 unspecified atom stereocenters. The van der Waals surface area contributed by atoms with Gasteiger partial charge in [-0.15, -0.1) is 0 Å². The Labute approximate surface area is 158 Å². The van der Waals surface area contributed by atoms with E-state index in [1.807, 2.05) is 18.2 Å². The molecule has 1 aliphatic carbocycles. The lowest BCUT2D eigenvalue weighted by molar-refractivity contribution is -0.139. The van der Waals surface area contributed by atoms with Crippen molar-refractivity contribution in [3.8, 4) is 0 Å². The lowest BCUT2D eigenvalue weighted by Gasteiger charge is -2.40. The van der Waals surface area contributed by atoms with Gasteiger partial charge in [0.15, 0.2) is 0 Å². The van der Waals surface area contributed by atoms with Crippen LogP contribution in [0, 0.1) is 0 Å². The van der Waals surface area contributed by atoms with Gasteiger partial charge < -0.3 is 20.9 Å². The third-order valence-corrected chi connectivity index (χ3v) is 6.06. The maximum absolute atomic E-state index is 12.7. The molecule has 0 radical (unpaired) electrons. The molecule has 1 aromatic rings. The van der Waals surface area contributed by atoms with Crippen LogP contribution in [0.5, 0.6) is 0 Å². The van der Waals surface area contributed by atoms with Gasteiger partial charge in [-0.05, 0) is 44.7 Å². The van der Waals surface area contributed by atoms with E-state index in [9.17, 15) is 14.4 Å². The number of hydrogen-bond donors (Lipinski definition) is 3. The molecular weight excluding hydrogens is 344 g/mol. The number of nitrogens with zero attached hydrogens (tertiary/aromatic N) is 1. The second-order valence-electron chi connectivity index (χ2n) is 7.86. The van der Waals surface area contributed by atoms with Crippen LogP contribution in [0.1, 0.15) is 55.8 Å². The fraction of sp³-hybridized carbons (Fsp3) is 0.550. The number of carbonyl (C=O) groups is 3. The molecule has 3 amide bonds. The molecule has 2 aliphatic heterocycles. The summed E-state index contributed by atoms with van der Waals surface area (Å²) in [5.41, 5.74) is 0.752. The Morgan fingerprint density at radius 1 is 1.22 bits per heavy atom. The van der Waals surface area contributed by atoms with E-state index in [2.05, 4.69) is 16.0 Å². The molecule has 27 heavy (non-hydrogen) atoms. The Morgan fingerprint density at radius 3 is 2.74 bits per heavy atom. The zero-order valence-corrected chi connectivity index (χ0v) is 15.6. The number of anilines is 1. The molecule has 7 heteroatoms. The van der Waals surface area contributed by atoms with Crippen LogP contribution < -0.4 is 16.0 Å². The van der Waals surface area contributed by atoms with Gasteiger partial charge >= 0.3 is 0 Å². The number of para-hydroxylation sites is 1. The van der Waals surface area contributed by atoms with Crippen molar-refractivity contribution in [3.63, 3.8) is 0 Å². The number of carbonyl (C=O) groups excluding carboxylic acids is 3. The summed E-state index contributed by atoms with van der Waals surface area (Å²) >= 11 is 0. The summed E-state index contributed by atoms with van der Waals surface area (Å²) in [5.74, 6) is -0.256. The predicted octanol–water partition coefficient (Wildman–Crippen LogP) is 1.61. The lowest BCUT2D eigenvalue weighted by Crippen LogP contribution is -2.58. The maximum atomic E-state index is 12.7. The van der Waals surface area contributed by atoms with Gasteiger partial charge in [0, 0.05) is 31.1 Å². The fourth-order valence-corrected chi connectivity index (χ4v) is 4.06. The van der Waals surface area contributed by atoms with Crippen LogP contribution in [0.25, 0.3) is 0 Å². The molecular formula is C20H26N4O3. The summed E-state index contributed by atoms with van der Waals surface area (Å²) in [6.07, 6.45) is 4.53. The highest BCUT2D eigenvalue weighted by Gasteiger charge is 2.41. The quantitative estimate of drug-likeness (QED) is 0.754. The number of nitrogens with one attached hydrogen (secondary N) is 3. The smallest absolute Gasteiger partial charge is 0.255 e. The van der Waals surface area contributed by atoms with Crippen LogP contribution in [-0.2, 0) is 9.59 Å². The van der Waals surface area contributed by atoms with Crippen molar-refractivity contribution in [2.24, 2.45) is 0 Å². The molecule has 3 aliphatic rings. The Morgan fingerprint density at radius 2 is 2.00 bits per heavy atom. The third kappa shape index (κ3) is 3.38. The molecule has 0 aromatic heterocycles. The van der Waals surface area contributed by atoms with Crippen LogP contribution >= 0.6 is 0 Å². The molecule has 7 nitrogen and oxygen atoms in total. The monoisotopic (exact) mass is 370 g/mol. The zero-order chi connectivity index (χ0) is 19.0. The first-order valence-electron chi connectivity index (χ1n) is 9.77. The predicted molar refractivity (Wildman–Crippen MR) is 101 cm³/mol. The molecule has 4 rings (SSSR count). The van der Waals surface area contributed by atoms with Crippen molar-refractivity contribution in [3.05, 3.63) is 29.8 Å². The van der Waals surface area contributed by atoms with Gasteiger partial charge in [0.2, 0.25) is 11.8 Å². The van der Waals surface area contributed by atoms with E-state index >= 15 is 0 Å². The van der Waals surface area contributed by atoms with Crippen molar-refractivity contribution < 1.29 is 14.4 Å². The van der Waals surface area contributed by atoms with Crippen molar-refractivity contribution in [2.45, 2.75) is 63.2 Å². The Kier molecular flexibility index (Phi) is 4.53. The summed E-state index contributed by atoms with van der Waals surface area (Å²) in [6.45, 7) is 2.21. The van der Waals surface area contributed by atoms with E-state index in [0.717, 1.165) is 24.9 Å². The molecule has 1 saturated carbocycles. The molecule has 1 saturated heterocycles. The van der Waals surface area contributed by atoms with Crippen molar-refractivity contribution in [2.75, 3.05) is 11.9 Å². The molecule has 144 valence electrons. The van der Waals surface area contributed by atoms with Gasteiger partial charge in [-0.1, -0.05) is 12.1 Å². The first-order valence-corrected chi connectivity index (χ1v) is 9.77. The minimum atomic E-state index is -0.653. The normalized spacial score (nSPS) is 26.3. The summed E-state index contributed by atoms with van der Waals surface area (Å²) in [6, 6.07) is 7.14. The maximum Gasteiger partial charge on any atom is 0.255 e. The number of hydrogen-bond acceptors (Lipinski definition) is 4. The van der Waals surface area contributed by atoms with E-state index in [4.69, 9.17) is 0 Å². The van der Waals surface area contributed by atoms with E-state index in [1.54, 1.807) is 17.9 Å². The van der Waals surface area contributed by atoms with Gasteiger partial charge in [0.1, 0.15) is 11.7 Å².